The van der Waals surface area contributed by atoms with Crippen LogP contribution in [0, 0.1) is 5.92 Å². The molecule has 1 unspecified atom stereocenters. The normalized spacial score (nSPS) is 21.3. The number of ether oxygens (including phenoxy) is 1. The Morgan fingerprint density at radius 1 is 1.21 bits per heavy atom. The van der Waals surface area contributed by atoms with Gasteiger partial charge in [0.1, 0.15) is 17.7 Å². The second-order valence-electron chi connectivity index (χ2n) is 7.52. The lowest BCUT2D eigenvalue weighted by molar-refractivity contribution is -0.0718. The van der Waals surface area contributed by atoms with Crippen LogP contribution in [0.25, 0.3) is 22.4 Å². The van der Waals surface area contributed by atoms with E-state index in [-0.39, 0.29) is 12.0 Å². The quantitative estimate of drug-likeness (QED) is 0.581. The van der Waals surface area contributed by atoms with E-state index in [1.807, 2.05) is 12.1 Å². The van der Waals surface area contributed by atoms with Gasteiger partial charge in [0.2, 0.25) is 5.95 Å². The van der Waals surface area contributed by atoms with Crippen molar-refractivity contribution in [3.05, 3.63) is 36.8 Å². The first-order valence-electron chi connectivity index (χ1n) is 9.88. The van der Waals surface area contributed by atoms with Gasteiger partial charge in [-0.25, -0.2) is 4.98 Å². The van der Waals surface area contributed by atoms with Crippen LogP contribution in [0.15, 0.2) is 36.8 Å². The maximum atomic E-state index is 10.4. The summed E-state index contributed by atoms with van der Waals surface area (Å²) in [6, 6.07) is 5.43. The number of nitrogens with zero attached hydrogens (tertiary/aromatic N) is 5. The zero-order valence-electron chi connectivity index (χ0n) is 16.0. The molecule has 1 aromatic carbocycles. The zero-order valence-corrected chi connectivity index (χ0v) is 16.0. The lowest BCUT2D eigenvalue weighted by Crippen LogP contribution is -2.43. The van der Waals surface area contributed by atoms with Crippen LogP contribution in [0.5, 0.6) is 5.75 Å². The van der Waals surface area contributed by atoms with Crippen LogP contribution in [-0.4, -0.2) is 63.0 Å². The number of aromatic nitrogens is 5. The number of rotatable bonds is 6. The molecule has 4 heterocycles. The van der Waals surface area contributed by atoms with E-state index < -0.39 is 0 Å². The Kier molecular flexibility index (Phi) is 4.82. The van der Waals surface area contributed by atoms with E-state index in [1.54, 1.807) is 24.7 Å². The number of H-pyrrole nitrogens is 1. The lowest BCUT2D eigenvalue weighted by Gasteiger charge is -2.28. The number of phenolic OH excluding ortho intramolecular Hbond substituents is 1. The number of aromatic amines is 1. The van der Waals surface area contributed by atoms with Crippen LogP contribution in [0.2, 0.25) is 0 Å². The second kappa shape index (κ2) is 7.76. The Morgan fingerprint density at radius 3 is 2.83 bits per heavy atom. The fraction of sp³-hybridized carbons (Fsp3) is 0.400. The molecule has 5 rings (SSSR count). The molecule has 0 spiro atoms. The largest absolute Gasteiger partial charge is 0.507 e. The maximum Gasteiger partial charge on any atom is 0.245 e. The number of nitrogens with one attached hydrogen (secondary N) is 2. The summed E-state index contributed by atoms with van der Waals surface area (Å²) in [7, 11) is 0. The van der Waals surface area contributed by atoms with E-state index in [4.69, 9.17) is 4.74 Å². The average molecular weight is 393 g/mol. The molecule has 29 heavy (non-hydrogen) atoms. The third-order valence-electron chi connectivity index (χ3n) is 5.56. The van der Waals surface area contributed by atoms with Crippen molar-refractivity contribution in [3.63, 3.8) is 0 Å². The molecule has 2 aliphatic heterocycles. The van der Waals surface area contributed by atoms with Gasteiger partial charge >= 0.3 is 0 Å². The molecule has 3 aromatic rings. The van der Waals surface area contributed by atoms with E-state index in [0.29, 0.717) is 23.1 Å². The molecule has 0 bridgehead atoms. The van der Waals surface area contributed by atoms with Crippen molar-refractivity contribution in [2.24, 2.45) is 5.92 Å². The number of hydrogen-bond acceptors (Lipinski definition) is 8. The highest BCUT2D eigenvalue weighted by molar-refractivity contribution is 5.73. The molecule has 9 nitrogen and oxygen atoms in total. The smallest absolute Gasteiger partial charge is 0.245 e. The number of hydrogen-bond donors (Lipinski definition) is 3. The van der Waals surface area contributed by atoms with Gasteiger partial charge in [-0.05, 0) is 30.0 Å². The molecule has 2 atom stereocenters. The van der Waals surface area contributed by atoms with E-state index in [1.165, 1.54) is 0 Å². The van der Waals surface area contributed by atoms with Gasteiger partial charge in [-0.2, -0.15) is 5.10 Å². The topological polar surface area (TPSA) is 112 Å². The zero-order chi connectivity index (χ0) is 19.6. The summed E-state index contributed by atoms with van der Waals surface area (Å²) in [5.74, 6) is 1.32. The fourth-order valence-electron chi connectivity index (χ4n) is 3.75. The van der Waals surface area contributed by atoms with Crippen molar-refractivity contribution >= 4 is 5.95 Å². The minimum absolute atomic E-state index is 0.137. The Bertz CT molecular complexity index is 957. The third kappa shape index (κ3) is 3.79. The van der Waals surface area contributed by atoms with Crippen molar-refractivity contribution in [2.45, 2.75) is 19.1 Å². The number of phenols is 1. The van der Waals surface area contributed by atoms with Gasteiger partial charge in [-0.1, -0.05) is 6.07 Å². The molecule has 0 radical (unpaired) electrons. The van der Waals surface area contributed by atoms with Crippen molar-refractivity contribution in [1.29, 1.82) is 0 Å². The fourth-order valence-corrected chi connectivity index (χ4v) is 3.75. The molecular weight excluding hydrogens is 370 g/mol. The lowest BCUT2D eigenvalue weighted by atomic mass is 10.0. The van der Waals surface area contributed by atoms with Crippen molar-refractivity contribution in [3.8, 4) is 28.1 Å². The van der Waals surface area contributed by atoms with E-state index >= 15 is 0 Å². The molecule has 0 amide bonds. The first kappa shape index (κ1) is 18.0. The summed E-state index contributed by atoms with van der Waals surface area (Å²) in [6.45, 7) is 3.64. The van der Waals surface area contributed by atoms with Gasteiger partial charge in [0.15, 0.2) is 0 Å². The van der Waals surface area contributed by atoms with Crippen LogP contribution < -0.4 is 10.2 Å². The maximum absolute atomic E-state index is 10.4. The van der Waals surface area contributed by atoms with E-state index in [0.717, 1.165) is 50.2 Å². The Hall–Kier alpha value is -3.04. The molecule has 150 valence electrons. The number of anilines is 1. The molecule has 2 aliphatic rings. The molecule has 3 N–H and O–H groups in total. The summed E-state index contributed by atoms with van der Waals surface area (Å²) in [5.41, 5.74) is 2.94. The van der Waals surface area contributed by atoms with E-state index in [2.05, 4.69) is 35.6 Å². The van der Waals surface area contributed by atoms with Gasteiger partial charge in [-0.3, -0.25) is 10.4 Å². The monoisotopic (exact) mass is 393 g/mol. The van der Waals surface area contributed by atoms with Crippen LogP contribution >= 0.6 is 0 Å². The predicted octanol–water partition coefficient (Wildman–Crippen LogP) is 1.80. The van der Waals surface area contributed by atoms with E-state index in [9.17, 15) is 5.11 Å². The average Bonchev–Trinajstić information content (AvgIpc) is 3.39. The summed E-state index contributed by atoms with van der Waals surface area (Å²) >= 11 is 0. The molecule has 0 aliphatic carbocycles. The first-order chi connectivity index (χ1) is 14.3. The van der Waals surface area contributed by atoms with Gasteiger partial charge in [0, 0.05) is 43.4 Å². The number of aromatic hydroxyl groups is 1. The van der Waals surface area contributed by atoms with Gasteiger partial charge in [0.25, 0.3) is 0 Å². The molecule has 9 heteroatoms. The highest BCUT2D eigenvalue weighted by atomic mass is 16.5. The van der Waals surface area contributed by atoms with Crippen LogP contribution in [0.3, 0.4) is 0 Å². The summed E-state index contributed by atoms with van der Waals surface area (Å²) < 4.78 is 5.41. The molecule has 2 aromatic heterocycles. The highest BCUT2D eigenvalue weighted by Crippen LogP contribution is 2.32. The van der Waals surface area contributed by atoms with Crippen LogP contribution in [0.1, 0.15) is 12.8 Å². The van der Waals surface area contributed by atoms with Crippen LogP contribution in [0.4, 0.5) is 5.95 Å². The van der Waals surface area contributed by atoms with Crippen molar-refractivity contribution in [1.82, 2.24) is 30.7 Å². The van der Waals surface area contributed by atoms with Gasteiger partial charge < -0.3 is 14.7 Å². The Labute approximate surface area is 168 Å². The third-order valence-corrected chi connectivity index (χ3v) is 5.56. The standard InChI is InChI=1S/C20H23N7O2/c28-18-7-14(15-9-23-24-10-15)1-2-16(18)17-11-22-20(26-25-17)27-5-3-13(12-27)8-21-19-4-6-29-19/h1-2,7,9-11,13,19,21,28H,3-6,8,12H2,(H,23,24)/t13-,19?/m0/s1. The Balaban J connectivity index is 1.24. The first-order valence-corrected chi connectivity index (χ1v) is 9.88. The van der Waals surface area contributed by atoms with Crippen molar-refractivity contribution in [2.75, 3.05) is 31.1 Å². The molecule has 2 saturated heterocycles. The van der Waals surface area contributed by atoms with Crippen molar-refractivity contribution < 1.29 is 9.84 Å². The summed E-state index contributed by atoms with van der Waals surface area (Å²) in [5, 5.41) is 29.2. The van der Waals surface area contributed by atoms with Gasteiger partial charge in [-0.15, -0.1) is 10.2 Å². The van der Waals surface area contributed by atoms with Gasteiger partial charge in [0.05, 0.1) is 19.0 Å². The summed E-state index contributed by atoms with van der Waals surface area (Å²) in [4.78, 5) is 6.65. The SMILES string of the molecule is Oc1cc(-c2cn[nH]c2)ccc1-c1cnc(N2CC[C@@H](CNC3CCO3)C2)nn1. The second-order valence-corrected chi connectivity index (χ2v) is 7.52. The highest BCUT2D eigenvalue weighted by Gasteiger charge is 2.26. The Morgan fingerprint density at radius 2 is 2.14 bits per heavy atom. The summed E-state index contributed by atoms with van der Waals surface area (Å²) in [6.07, 6.45) is 7.59. The molecule has 2 fully saturated rings. The molecular formula is C20H23N7O2. The predicted molar refractivity (Wildman–Crippen MR) is 107 cm³/mol. The number of benzene rings is 1. The molecule has 0 saturated carbocycles. The minimum Gasteiger partial charge on any atom is -0.507 e. The minimum atomic E-state index is 0.137. The van der Waals surface area contributed by atoms with Crippen LogP contribution in [-0.2, 0) is 4.74 Å².